The molecule has 0 saturated carbocycles. The molecule has 0 unspecified atom stereocenters. The number of anilines is 4. The maximum absolute atomic E-state index is 12.5. The van der Waals surface area contributed by atoms with Crippen LogP contribution >= 0.6 is 11.8 Å². The summed E-state index contributed by atoms with van der Waals surface area (Å²) in [6.07, 6.45) is 3.91. The van der Waals surface area contributed by atoms with Gasteiger partial charge in [0.25, 0.3) is 0 Å². The minimum atomic E-state index is -0.294. The highest BCUT2D eigenvalue weighted by Gasteiger charge is 2.18. The van der Waals surface area contributed by atoms with Gasteiger partial charge >= 0.3 is 6.03 Å². The second kappa shape index (κ2) is 11.6. The number of hydrogen-bond acceptors (Lipinski definition) is 8. The summed E-state index contributed by atoms with van der Waals surface area (Å²) < 4.78 is 10.9. The van der Waals surface area contributed by atoms with Crippen molar-refractivity contribution >= 4 is 40.7 Å². The lowest BCUT2D eigenvalue weighted by Crippen LogP contribution is -2.37. The Kier molecular flexibility index (Phi) is 7.85. The topological polar surface area (TPSA) is 91.9 Å². The first kappa shape index (κ1) is 24.4. The Hall–Kier alpha value is -3.34. The molecule has 2 aliphatic rings. The predicted molar refractivity (Wildman–Crippen MR) is 144 cm³/mol. The molecule has 0 radical (unpaired) electrons. The van der Waals surface area contributed by atoms with E-state index in [1.165, 1.54) is 0 Å². The first-order valence-electron chi connectivity index (χ1n) is 12.0. The van der Waals surface area contributed by atoms with Crippen molar-refractivity contribution in [2.45, 2.75) is 4.90 Å². The summed E-state index contributed by atoms with van der Waals surface area (Å²) in [7, 11) is 0. The van der Waals surface area contributed by atoms with Gasteiger partial charge in [-0.05, 0) is 54.8 Å². The SMILES string of the molecule is CSc1cnc(-c2ccc(NC(=O)Nc3ccc(N4CCOCC4)cc3)cc2)nc1N1CCOCC1. The Morgan fingerprint density at radius 1 is 0.833 bits per heavy atom. The van der Waals surface area contributed by atoms with Gasteiger partial charge in [-0.2, -0.15) is 0 Å². The van der Waals surface area contributed by atoms with E-state index < -0.39 is 0 Å². The highest BCUT2D eigenvalue weighted by molar-refractivity contribution is 7.98. The molecule has 2 amide bonds. The van der Waals surface area contributed by atoms with Gasteiger partial charge in [-0.3, -0.25) is 0 Å². The summed E-state index contributed by atoms with van der Waals surface area (Å²) in [4.78, 5) is 27.5. The van der Waals surface area contributed by atoms with Gasteiger partial charge in [-0.25, -0.2) is 14.8 Å². The van der Waals surface area contributed by atoms with Gasteiger partial charge in [0, 0.05) is 55.0 Å². The highest BCUT2D eigenvalue weighted by atomic mass is 32.2. The zero-order valence-corrected chi connectivity index (χ0v) is 21.1. The normalized spacial score (nSPS) is 16.0. The molecule has 0 bridgehead atoms. The number of carbonyl (C=O) groups is 1. The Bertz CT molecular complexity index is 1160. The maximum atomic E-state index is 12.5. The molecule has 0 atom stereocenters. The van der Waals surface area contributed by atoms with E-state index in [0.717, 1.165) is 67.0 Å². The molecular formula is C26H30N6O3S. The molecule has 36 heavy (non-hydrogen) atoms. The van der Waals surface area contributed by atoms with Crippen molar-refractivity contribution in [2.24, 2.45) is 0 Å². The van der Waals surface area contributed by atoms with E-state index in [1.807, 2.05) is 61.0 Å². The number of urea groups is 1. The average Bonchev–Trinajstić information content (AvgIpc) is 2.94. The number of ether oxygens (including phenoxy) is 2. The molecule has 0 spiro atoms. The molecule has 2 fully saturated rings. The fourth-order valence-electron chi connectivity index (χ4n) is 4.22. The van der Waals surface area contributed by atoms with Gasteiger partial charge in [0.15, 0.2) is 5.82 Å². The van der Waals surface area contributed by atoms with Gasteiger partial charge in [0.1, 0.15) is 5.82 Å². The number of rotatable bonds is 6. The molecule has 9 nitrogen and oxygen atoms in total. The molecule has 2 aromatic carbocycles. The number of benzene rings is 2. The van der Waals surface area contributed by atoms with E-state index in [2.05, 4.69) is 25.4 Å². The number of nitrogens with one attached hydrogen (secondary N) is 2. The van der Waals surface area contributed by atoms with Gasteiger partial charge in [0.2, 0.25) is 0 Å². The smallest absolute Gasteiger partial charge is 0.323 e. The Labute approximate surface area is 215 Å². The minimum absolute atomic E-state index is 0.294. The van der Waals surface area contributed by atoms with Crippen molar-refractivity contribution in [1.82, 2.24) is 9.97 Å². The molecule has 10 heteroatoms. The van der Waals surface area contributed by atoms with E-state index in [4.69, 9.17) is 14.5 Å². The zero-order chi connectivity index (χ0) is 24.7. The molecule has 1 aromatic heterocycles. The van der Waals surface area contributed by atoms with Crippen LogP contribution in [0, 0.1) is 0 Å². The standard InChI is InChI=1S/C26H30N6O3S/c1-36-23-18-27-24(30-25(23)32-12-16-35-17-13-32)19-2-4-20(5-3-19)28-26(33)29-21-6-8-22(9-7-21)31-10-14-34-15-11-31/h2-9,18H,10-17H2,1H3,(H2,28,29,33). The van der Waals surface area contributed by atoms with Crippen LogP contribution in [0.2, 0.25) is 0 Å². The largest absolute Gasteiger partial charge is 0.378 e. The van der Waals surface area contributed by atoms with E-state index in [-0.39, 0.29) is 6.03 Å². The number of morpholine rings is 2. The molecular weight excluding hydrogens is 476 g/mol. The third-order valence-corrected chi connectivity index (χ3v) is 6.90. The van der Waals surface area contributed by atoms with Gasteiger partial charge in [-0.15, -0.1) is 11.8 Å². The molecule has 2 saturated heterocycles. The quantitative estimate of drug-likeness (QED) is 0.481. The van der Waals surface area contributed by atoms with Crippen LogP contribution in [0.5, 0.6) is 0 Å². The predicted octanol–water partition coefficient (Wildman–Crippen LogP) is 4.18. The number of carbonyl (C=O) groups excluding carboxylic acids is 1. The van der Waals surface area contributed by atoms with E-state index in [1.54, 1.807) is 11.8 Å². The number of amides is 2. The summed E-state index contributed by atoms with van der Waals surface area (Å²) in [6, 6.07) is 15.1. The Balaban J connectivity index is 1.21. The monoisotopic (exact) mass is 506 g/mol. The van der Waals surface area contributed by atoms with E-state index >= 15 is 0 Å². The molecule has 188 valence electrons. The van der Waals surface area contributed by atoms with Crippen molar-refractivity contribution in [1.29, 1.82) is 0 Å². The number of hydrogen-bond donors (Lipinski definition) is 2. The second-order valence-corrected chi connectivity index (χ2v) is 9.34. The van der Waals surface area contributed by atoms with E-state index in [0.29, 0.717) is 24.7 Å². The van der Waals surface area contributed by atoms with Crippen molar-refractivity contribution < 1.29 is 14.3 Å². The van der Waals surface area contributed by atoms with Crippen molar-refractivity contribution in [3.8, 4) is 11.4 Å². The fourth-order valence-corrected chi connectivity index (χ4v) is 4.74. The summed E-state index contributed by atoms with van der Waals surface area (Å²) in [5, 5.41) is 5.77. The van der Waals surface area contributed by atoms with Crippen molar-refractivity contribution in [3.63, 3.8) is 0 Å². The summed E-state index contributed by atoms with van der Waals surface area (Å²) in [5.74, 6) is 1.60. The first-order chi connectivity index (χ1) is 17.7. The summed E-state index contributed by atoms with van der Waals surface area (Å²) in [6.45, 7) is 6.28. The summed E-state index contributed by atoms with van der Waals surface area (Å²) >= 11 is 1.64. The number of nitrogens with zero attached hydrogens (tertiary/aromatic N) is 4. The summed E-state index contributed by atoms with van der Waals surface area (Å²) in [5.41, 5.74) is 3.45. The van der Waals surface area contributed by atoms with Crippen LogP contribution < -0.4 is 20.4 Å². The third-order valence-electron chi connectivity index (χ3n) is 6.17. The maximum Gasteiger partial charge on any atom is 0.323 e. The number of aromatic nitrogens is 2. The molecule has 0 aliphatic carbocycles. The molecule has 3 aromatic rings. The van der Waals surface area contributed by atoms with Crippen LogP contribution in [-0.2, 0) is 9.47 Å². The molecule has 3 heterocycles. The van der Waals surface area contributed by atoms with Crippen LogP contribution in [0.25, 0.3) is 11.4 Å². The number of thioether (sulfide) groups is 1. The minimum Gasteiger partial charge on any atom is -0.378 e. The molecule has 5 rings (SSSR count). The van der Waals surface area contributed by atoms with Gasteiger partial charge < -0.3 is 29.9 Å². The molecule has 2 aliphatic heterocycles. The van der Waals surface area contributed by atoms with Crippen LogP contribution in [0.1, 0.15) is 0 Å². The average molecular weight is 507 g/mol. The third kappa shape index (κ3) is 5.89. The van der Waals surface area contributed by atoms with Gasteiger partial charge in [0.05, 0.1) is 31.3 Å². The zero-order valence-electron chi connectivity index (χ0n) is 20.3. The first-order valence-corrected chi connectivity index (χ1v) is 13.3. The second-order valence-electron chi connectivity index (χ2n) is 8.49. The van der Waals surface area contributed by atoms with Crippen molar-refractivity contribution in [2.75, 3.05) is 79.3 Å². The lowest BCUT2D eigenvalue weighted by molar-refractivity contribution is 0.122. The van der Waals surface area contributed by atoms with Gasteiger partial charge in [-0.1, -0.05) is 0 Å². The van der Waals surface area contributed by atoms with E-state index in [9.17, 15) is 4.79 Å². The Morgan fingerprint density at radius 3 is 1.97 bits per heavy atom. The lowest BCUT2D eigenvalue weighted by atomic mass is 10.2. The van der Waals surface area contributed by atoms with Crippen LogP contribution in [0.4, 0.5) is 27.7 Å². The Morgan fingerprint density at radius 2 is 1.39 bits per heavy atom. The van der Waals surface area contributed by atoms with Crippen LogP contribution in [0.15, 0.2) is 59.6 Å². The van der Waals surface area contributed by atoms with Crippen LogP contribution in [-0.4, -0.2) is 74.9 Å². The lowest BCUT2D eigenvalue weighted by Gasteiger charge is -2.29. The highest BCUT2D eigenvalue weighted by Crippen LogP contribution is 2.29. The van der Waals surface area contributed by atoms with Crippen LogP contribution in [0.3, 0.4) is 0 Å². The molecule has 2 N–H and O–H groups in total. The van der Waals surface area contributed by atoms with Crippen molar-refractivity contribution in [3.05, 3.63) is 54.7 Å². The fraction of sp³-hybridized carbons (Fsp3) is 0.346.